The van der Waals surface area contributed by atoms with Gasteiger partial charge in [0.1, 0.15) is 0 Å². The first kappa shape index (κ1) is 10.6. The third-order valence-corrected chi connectivity index (χ3v) is 3.19. The molecule has 0 aromatic carbocycles. The molecular weight excluding hydrogens is 156 g/mol. The highest BCUT2D eigenvalue weighted by Crippen LogP contribution is 2.41. The molecule has 13 heavy (non-hydrogen) atoms. The van der Waals surface area contributed by atoms with Crippen LogP contribution in [0.1, 0.15) is 47.0 Å². The Hall–Kier alpha value is -0.520. The first-order valence-corrected chi connectivity index (χ1v) is 5.52. The summed E-state index contributed by atoms with van der Waals surface area (Å²) in [6.07, 6.45) is 8.68. The average molecular weight is 178 g/mol. The molecule has 1 rings (SSSR count). The summed E-state index contributed by atoms with van der Waals surface area (Å²) in [5, 5.41) is 0. The summed E-state index contributed by atoms with van der Waals surface area (Å²) >= 11 is 0. The Morgan fingerprint density at radius 2 is 2.08 bits per heavy atom. The van der Waals surface area contributed by atoms with E-state index in [2.05, 4.69) is 39.8 Å². The minimum absolute atomic E-state index is 0.819. The van der Waals surface area contributed by atoms with Crippen LogP contribution in [0.15, 0.2) is 23.3 Å². The van der Waals surface area contributed by atoms with E-state index in [4.69, 9.17) is 0 Å². The van der Waals surface area contributed by atoms with Crippen molar-refractivity contribution in [3.05, 3.63) is 23.3 Å². The van der Waals surface area contributed by atoms with E-state index in [9.17, 15) is 0 Å². The summed E-state index contributed by atoms with van der Waals surface area (Å²) < 4.78 is 0. The zero-order valence-electron chi connectivity index (χ0n) is 9.43. The molecule has 1 aliphatic carbocycles. The molecule has 0 aliphatic heterocycles. The Kier molecular flexibility index (Phi) is 3.77. The molecule has 0 spiro atoms. The van der Waals surface area contributed by atoms with Crippen LogP contribution < -0.4 is 0 Å². The van der Waals surface area contributed by atoms with Gasteiger partial charge >= 0.3 is 0 Å². The van der Waals surface area contributed by atoms with Crippen molar-refractivity contribution >= 4 is 0 Å². The van der Waals surface area contributed by atoms with Gasteiger partial charge in [-0.2, -0.15) is 0 Å². The van der Waals surface area contributed by atoms with E-state index in [0.29, 0.717) is 0 Å². The van der Waals surface area contributed by atoms with Gasteiger partial charge < -0.3 is 0 Å². The van der Waals surface area contributed by atoms with Crippen molar-refractivity contribution in [1.82, 2.24) is 0 Å². The summed E-state index contributed by atoms with van der Waals surface area (Å²) in [5.74, 6) is 1.82. The normalized spacial score (nSPS) is 21.8. The Morgan fingerprint density at radius 3 is 2.46 bits per heavy atom. The fourth-order valence-corrected chi connectivity index (χ4v) is 1.83. The monoisotopic (exact) mass is 178 g/mol. The second-order valence-corrected chi connectivity index (χ2v) is 4.23. The van der Waals surface area contributed by atoms with Crippen LogP contribution >= 0.6 is 0 Å². The molecule has 0 N–H and O–H groups in total. The van der Waals surface area contributed by atoms with E-state index < -0.39 is 0 Å². The highest BCUT2D eigenvalue weighted by molar-refractivity contribution is 5.23. The molecular formula is C13H22. The molecule has 1 aliphatic rings. The lowest BCUT2D eigenvalue weighted by Crippen LogP contribution is -2.01. The maximum absolute atomic E-state index is 2.38. The van der Waals surface area contributed by atoms with Gasteiger partial charge in [-0.05, 0) is 44.9 Å². The van der Waals surface area contributed by atoms with Crippen LogP contribution in [-0.2, 0) is 0 Å². The number of hydrogen-bond acceptors (Lipinski definition) is 0. The van der Waals surface area contributed by atoms with Crippen molar-refractivity contribution in [3.8, 4) is 0 Å². The first-order valence-electron chi connectivity index (χ1n) is 5.52. The molecule has 1 fully saturated rings. The third-order valence-electron chi connectivity index (χ3n) is 3.19. The van der Waals surface area contributed by atoms with E-state index in [-0.39, 0.29) is 0 Å². The molecule has 0 heteroatoms. The lowest BCUT2D eigenvalue weighted by atomic mass is 9.92. The van der Waals surface area contributed by atoms with Crippen LogP contribution in [0.2, 0.25) is 0 Å². The molecule has 0 bridgehead atoms. The van der Waals surface area contributed by atoms with Gasteiger partial charge in [-0.1, -0.05) is 37.1 Å². The van der Waals surface area contributed by atoms with Gasteiger partial charge in [0.2, 0.25) is 0 Å². The number of rotatable bonds is 4. The molecule has 0 amide bonds. The predicted molar refractivity (Wildman–Crippen MR) is 59.7 cm³/mol. The summed E-state index contributed by atoms with van der Waals surface area (Å²) in [4.78, 5) is 0. The van der Waals surface area contributed by atoms with Gasteiger partial charge in [-0.3, -0.25) is 0 Å². The van der Waals surface area contributed by atoms with E-state index >= 15 is 0 Å². The Bertz CT molecular complexity index is 216. The zero-order chi connectivity index (χ0) is 9.84. The molecule has 1 atom stereocenters. The number of allylic oxidation sites excluding steroid dienone is 4. The Balaban J connectivity index is 2.64. The Morgan fingerprint density at radius 1 is 1.46 bits per heavy atom. The average Bonchev–Trinajstić information content (AvgIpc) is 2.95. The van der Waals surface area contributed by atoms with E-state index in [1.807, 2.05) is 0 Å². The topological polar surface area (TPSA) is 0 Å². The molecule has 0 heterocycles. The lowest BCUT2D eigenvalue weighted by Gasteiger charge is -2.13. The van der Waals surface area contributed by atoms with Crippen molar-refractivity contribution in [2.24, 2.45) is 11.8 Å². The van der Waals surface area contributed by atoms with Crippen LogP contribution in [0.4, 0.5) is 0 Å². The minimum atomic E-state index is 0.819. The smallest absolute Gasteiger partial charge is 0.0200 e. The van der Waals surface area contributed by atoms with Crippen LogP contribution in [0.25, 0.3) is 0 Å². The van der Waals surface area contributed by atoms with Crippen molar-refractivity contribution in [2.75, 3.05) is 0 Å². The van der Waals surface area contributed by atoms with E-state index in [1.54, 1.807) is 5.57 Å². The molecule has 0 radical (unpaired) electrons. The molecule has 0 aromatic rings. The van der Waals surface area contributed by atoms with Crippen molar-refractivity contribution in [3.63, 3.8) is 0 Å². The maximum Gasteiger partial charge on any atom is -0.0200 e. The standard InChI is InChI=1S/C13H22/c1-5-10(3)9-12(6-2)11(4)13-7-8-13/h5,9,11,13H,6-8H2,1-4H3. The number of hydrogen-bond donors (Lipinski definition) is 0. The van der Waals surface area contributed by atoms with Gasteiger partial charge in [-0.15, -0.1) is 0 Å². The zero-order valence-corrected chi connectivity index (χ0v) is 9.43. The highest BCUT2D eigenvalue weighted by Gasteiger charge is 2.29. The summed E-state index contributed by atoms with van der Waals surface area (Å²) in [6.45, 7) is 8.96. The fraction of sp³-hybridized carbons (Fsp3) is 0.692. The first-order chi connectivity index (χ1) is 6.19. The maximum atomic E-state index is 2.38. The van der Waals surface area contributed by atoms with Crippen molar-refractivity contribution < 1.29 is 0 Å². The second kappa shape index (κ2) is 4.64. The van der Waals surface area contributed by atoms with Crippen LogP contribution in [0, 0.1) is 11.8 Å². The van der Waals surface area contributed by atoms with Gasteiger partial charge in [0, 0.05) is 0 Å². The Labute approximate surface area is 82.7 Å². The van der Waals surface area contributed by atoms with Crippen molar-refractivity contribution in [1.29, 1.82) is 0 Å². The summed E-state index contributed by atoms with van der Waals surface area (Å²) in [7, 11) is 0. The molecule has 0 saturated heterocycles. The van der Waals surface area contributed by atoms with Gasteiger partial charge in [-0.25, -0.2) is 0 Å². The van der Waals surface area contributed by atoms with E-state index in [1.165, 1.54) is 24.8 Å². The minimum Gasteiger partial charge on any atom is -0.0847 e. The molecule has 0 aromatic heterocycles. The molecule has 1 saturated carbocycles. The molecule has 1 unspecified atom stereocenters. The SMILES string of the molecule is CC=C(C)C=C(CC)C(C)C1CC1. The lowest BCUT2D eigenvalue weighted by molar-refractivity contribution is 0.574. The molecule has 74 valence electrons. The third kappa shape index (κ3) is 3.02. The summed E-state index contributed by atoms with van der Waals surface area (Å²) in [6, 6.07) is 0. The fourth-order valence-electron chi connectivity index (χ4n) is 1.83. The van der Waals surface area contributed by atoms with Crippen LogP contribution in [0.3, 0.4) is 0 Å². The quantitative estimate of drug-likeness (QED) is 0.562. The van der Waals surface area contributed by atoms with Crippen LogP contribution in [-0.4, -0.2) is 0 Å². The van der Waals surface area contributed by atoms with Gasteiger partial charge in [0.25, 0.3) is 0 Å². The molecule has 0 nitrogen and oxygen atoms in total. The largest absolute Gasteiger partial charge is 0.0847 e. The summed E-state index contributed by atoms with van der Waals surface area (Å²) in [5.41, 5.74) is 3.04. The van der Waals surface area contributed by atoms with Gasteiger partial charge in [0.15, 0.2) is 0 Å². The second-order valence-electron chi connectivity index (χ2n) is 4.23. The van der Waals surface area contributed by atoms with Gasteiger partial charge in [0.05, 0.1) is 0 Å². The van der Waals surface area contributed by atoms with Crippen LogP contribution in [0.5, 0.6) is 0 Å². The predicted octanol–water partition coefficient (Wildman–Crippen LogP) is 4.34. The highest BCUT2D eigenvalue weighted by atomic mass is 14.3. The van der Waals surface area contributed by atoms with Crippen molar-refractivity contribution in [2.45, 2.75) is 47.0 Å². The van der Waals surface area contributed by atoms with E-state index in [0.717, 1.165) is 11.8 Å².